The quantitative estimate of drug-likeness (QED) is 0.0751. The van der Waals surface area contributed by atoms with Crippen molar-refractivity contribution in [2.75, 3.05) is 6.54 Å². The maximum atomic E-state index is 10.6. The number of para-hydroxylation sites is 3. The average Bonchev–Trinajstić information content (AvgIpc) is 4.01. The number of rotatable bonds is 11. The van der Waals surface area contributed by atoms with E-state index in [2.05, 4.69) is 38.1 Å². The molecule has 0 amide bonds. The highest BCUT2D eigenvalue weighted by molar-refractivity contribution is 5.87. The molecule has 0 fully saturated rings. The molecule has 4 aromatic carbocycles. The van der Waals surface area contributed by atoms with Crippen molar-refractivity contribution in [3.63, 3.8) is 0 Å². The van der Waals surface area contributed by atoms with E-state index in [1.807, 2.05) is 73.2 Å². The Hall–Kier alpha value is -6.87. The molecule has 0 radical (unpaired) electrons. The lowest BCUT2D eigenvalue weighted by molar-refractivity contribution is -0.139. The third-order valence-electron chi connectivity index (χ3n) is 9.31. The van der Waals surface area contributed by atoms with Crippen LogP contribution in [0.1, 0.15) is 28.7 Å². The highest BCUT2D eigenvalue weighted by atomic mass is 16.4. The summed E-state index contributed by atoms with van der Waals surface area (Å²) in [5.41, 5.74) is 24.7. The van der Waals surface area contributed by atoms with E-state index in [0.717, 1.165) is 55.8 Å². The Balaban J connectivity index is 0.000000146. The Morgan fingerprint density at radius 2 is 0.912 bits per heavy atom. The number of hydrogen-bond donors (Lipinski definition) is 11. The molecule has 0 aliphatic rings. The Kier molecular flexibility index (Phi) is 14.2. The number of aromatic nitrogens is 4. The first-order valence-corrected chi connectivity index (χ1v) is 18.3. The van der Waals surface area contributed by atoms with Crippen LogP contribution in [0.2, 0.25) is 0 Å². The largest absolute Gasteiger partial charge is 0.508 e. The zero-order valence-corrected chi connectivity index (χ0v) is 31.1. The zero-order chi connectivity index (χ0) is 40.9. The molecule has 0 bridgehead atoms. The van der Waals surface area contributed by atoms with Crippen molar-refractivity contribution < 1.29 is 34.8 Å². The number of benzene rings is 4. The van der Waals surface area contributed by atoms with Crippen molar-refractivity contribution in [2.45, 2.75) is 44.2 Å². The minimum Gasteiger partial charge on any atom is -0.508 e. The number of fused-ring (bicyclic) bond motifs is 4. The van der Waals surface area contributed by atoms with Gasteiger partial charge >= 0.3 is 17.9 Å². The third-order valence-corrected chi connectivity index (χ3v) is 9.31. The number of carboxylic acids is 3. The average molecular weight is 774 g/mol. The summed E-state index contributed by atoms with van der Waals surface area (Å²) in [6, 6.07) is 27.1. The van der Waals surface area contributed by atoms with E-state index < -0.39 is 30.0 Å². The number of carbonyl (C=O) groups is 3. The number of carboxylic acid groups (broad SMARTS) is 3. The van der Waals surface area contributed by atoms with Crippen LogP contribution in [0.5, 0.6) is 5.75 Å². The smallest absolute Gasteiger partial charge is 0.320 e. The molecule has 14 N–H and O–H groups in total. The predicted molar refractivity (Wildman–Crippen MR) is 222 cm³/mol. The van der Waals surface area contributed by atoms with E-state index >= 15 is 0 Å². The summed E-state index contributed by atoms with van der Waals surface area (Å²) in [5.74, 6) is -2.61. The number of phenols is 1. The van der Waals surface area contributed by atoms with Crippen molar-refractivity contribution in [3.8, 4) is 5.75 Å². The van der Waals surface area contributed by atoms with Crippen molar-refractivity contribution in [3.05, 3.63) is 138 Å². The summed E-state index contributed by atoms with van der Waals surface area (Å²) in [6.45, 7) is 0.710. The SMILES string of the molecule is NC(Cc1c[nH]c2ccc(O)cc12)C(=O)O.NC(Cc1c[nH]c2ccccc12)C(=O)O.NCCc1c[nH]c2ccccc12.O=C(O)CCc1c[nH]c2ccccc12. The lowest BCUT2D eigenvalue weighted by atomic mass is 10.1. The van der Waals surface area contributed by atoms with Crippen LogP contribution in [-0.4, -0.2) is 76.9 Å². The van der Waals surface area contributed by atoms with Gasteiger partial charge in [-0.05, 0) is 78.0 Å². The number of aryl methyl sites for hydroxylation is 1. The van der Waals surface area contributed by atoms with Gasteiger partial charge in [0.1, 0.15) is 17.8 Å². The Morgan fingerprint density at radius 3 is 1.35 bits per heavy atom. The summed E-state index contributed by atoms with van der Waals surface area (Å²) in [6.07, 6.45) is 9.74. The lowest BCUT2D eigenvalue weighted by Gasteiger charge is -2.04. The van der Waals surface area contributed by atoms with E-state index in [-0.39, 0.29) is 18.6 Å². The van der Waals surface area contributed by atoms with E-state index in [1.54, 1.807) is 24.4 Å². The first-order valence-electron chi connectivity index (χ1n) is 18.3. The minimum atomic E-state index is -1.03. The second-order valence-electron chi connectivity index (χ2n) is 13.4. The standard InChI is InChI=1S/C11H12N2O3.C11H12N2O2.C11H11NO2.C10H12N2/c12-9(11(15)16)3-6-5-13-10-2-1-7(14)4-8(6)10;12-9(11(14)15)5-7-6-13-10-4-2-1-3-8(7)10;13-11(14)6-5-8-7-12-10-4-2-1-3-9(8)10;11-6-5-8-7-12-10-4-2-1-3-9(8)10/h1-2,4-5,9,13-14H,3,12H2,(H,15,16);1-4,6,9,13H,5,12H2,(H,14,15);1-4,7,12H,5-6H2,(H,13,14);1-4,7,12H,5-6,11H2. The monoisotopic (exact) mass is 773 g/mol. The second-order valence-corrected chi connectivity index (χ2v) is 13.4. The van der Waals surface area contributed by atoms with E-state index in [9.17, 15) is 19.5 Å². The van der Waals surface area contributed by atoms with Gasteiger partial charge in [-0.15, -0.1) is 0 Å². The number of aromatic amines is 4. The van der Waals surface area contributed by atoms with E-state index in [0.29, 0.717) is 19.4 Å². The summed E-state index contributed by atoms with van der Waals surface area (Å²) in [4.78, 5) is 44.1. The third kappa shape index (κ3) is 11.1. The van der Waals surface area contributed by atoms with Crippen molar-refractivity contribution in [1.29, 1.82) is 0 Å². The molecular weight excluding hydrogens is 727 g/mol. The Labute approximate surface area is 327 Å². The molecule has 14 heteroatoms. The van der Waals surface area contributed by atoms with Crippen LogP contribution in [0.15, 0.2) is 116 Å². The molecule has 2 unspecified atom stereocenters. The van der Waals surface area contributed by atoms with Crippen molar-refractivity contribution in [2.24, 2.45) is 17.2 Å². The van der Waals surface area contributed by atoms with Crippen molar-refractivity contribution in [1.82, 2.24) is 19.9 Å². The molecule has 0 aliphatic carbocycles. The molecule has 14 nitrogen and oxygen atoms in total. The fraction of sp³-hybridized carbons (Fsp3) is 0.186. The van der Waals surface area contributed by atoms with Gasteiger partial charge in [-0.3, -0.25) is 14.4 Å². The van der Waals surface area contributed by atoms with Gasteiger partial charge in [0.25, 0.3) is 0 Å². The van der Waals surface area contributed by atoms with Gasteiger partial charge in [0.05, 0.1) is 0 Å². The zero-order valence-electron chi connectivity index (χ0n) is 31.1. The van der Waals surface area contributed by atoms with Gasteiger partial charge in [0, 0.05) is 87.7 Å². The van der Waals surface area contributed by atoms with Gasteiger partial charge in [-0.25, -0.2) is 0 Å². The Morgan fingerprint density at radius 1 is 0.526 bits per heavy atom. The first kappa shape index (κ1) is 41.3. The van der Waals surface area contributed by atoms with Crippen LogP contribution < -0.4 is 17.2 Å². The Bertz CT molecular complexity index is 2570. The highest BCUT2D eigenvalue weighted by Crippen LogP contribution is 2.24. The molecule has 8 rings (SSSR count). The number of aromatic hydroxyl groups is 1. The van der Waals surface area contributed by atoms with Gasteiger partial charge < -0.3 is 57.6 Å². The summed E-state index contributed by atoms with van der Waals surface area (Å²) in [7, 11) is 0. The molecule has 8 aromatic rings. The van der Waals surface area contributed by atoms with Gasteiger partial charge in [0.2, 0.25) is 0 Å². The maximum absolute atomic E-state index is 10.6. The van der Waals surface area contributed by atoms with Crippen LogP contribution >= 0.6 is 0 Å². The summed E-state index contributed by atoms with van der Waals surface area (Å²) >= 11 is 0. The van der Waals surface area contributed by atoms with Crippen LogP contribution in [-0.2, 0) is 40.1 Å². The number of nitrogens with two attached hydrogens (primary N) is 3. The summed E-state index contributed by atoms with van der Waals surface area (Å²) in [5, 5.41) is 39.6. The van der Waals surface area contributed by atoms with Gasteiger partial charge in [-0.2, -0.15) is 0 Å². The van der Waals surface area contributed by atoms with Crippen LogP contribution in [0.25, 0.3) is 43.6 Å². The molecule has 296 valence electrons. The molecule has 57 heavy (non-hydrogen) atoms. The normalized spacial score (nSPS) is 11.8. The molecule has 0 aliphatic heterocycles. The second kappa shape index (κ2) is 19.6. The van der Waals surface area contributed by atoms with Crippen molar-refractivity contribution >= 4 is 61.5 Å². The van der Waals surface area contributed by atoms with Gasteiger partial charge in [0.15, 0.2) is 0 Å². The number of hydrogen-bond acceptors (Lipinski definition) is 7. The predicted octanol–water partition coefficient (Wildman–Crippen LogP) is 5.80. The fourth-order valence-electron chi connectivity index (χ4n) is 6.36. The molecule has 0 saturated carbocycles. The molecule has 4 heterocycles. The molecule has 0 saturated heterocycles. The molecule has 4 aromatic heterocycles. The lowest BCUT2D eigenvalue weighted by Crippen LogP contribution is -2.32. The number of phenolic OH excluding ortho intramolecular Hbond substituents is 1. The number of nitrogens with one attached hydrogen (secondary N) is 4. The van der Waals surface area contributed by atoms with Crippen LogP contribution in [0.3, 0.4) is 0 Å². The number of aliphatic carboxylic acids is 3. The van der Waals surface area contributed by atoms with E-state index in [4.69, 9.17) is 32.5 Å². The van der Waals surface area contributed by atoms with Gasteiger partial charge in [-0.1, -0.05) is 54.6 Å². The minimum absolute atomic E-state index is 0.150. The highest BCUT2D eigenvalue weighted by Gasteiger charge is 2.16. The fourth-order valence-corrected chi connectivity index (χ4v) is 6.36. The summed E-state index contributed by atoms with van der Waals surface area (Å²) < 4.78 is 0. The number of H-pyrrole nitrogens is 4. The van der Waals surface area contributed by atoms with Crippen LogP contribution in [0, 0.1) is 0 Å². The molecule has 0 spiro atoms. The topological polar surface area (TPSA) is 273 Å². The van der Waals surface area contributed by atoms with Crippen LogP contribution in [0.4, 0.5) is 0 Å². The first-order chi connectivity index (χ1) is 27.4. The maximum Gasteiger partial charge on any atom is 0.320 e. The molecule has 2 atom stereocenters. The molecular formula is C43H47N7O7. The van der Waals surface area contributed by atoms with E-state index in [1.165, 1.54) is 16.5 Å².